The van der Waals surface area contributed by atoms with Crippen molar-refractivity contribution in [1.29, 1.82) is 0 Å². The van der Waals surface area contributed by atoms with E-state index in [2.05, 4.69) is 5.32 Å². The maximum Gasteiger partial charge on any atom is 0.270 e. The smallest absolute Gasteiger partial charge is 0.270 e. The summed E-state index contributed by atoms with van der Waals surface area (Å²) < 4.78 is 16.0. The second-order valence-corrected chi connectivity index (χ2v) is 5.26. The van der Waals surface area contributed by atoms with Crippen molar-refractivity contribution in [2.24, 2.45) is 0 Å². The van der Waals surface area contributed by atoms with E-state index in [1.807, 2.05) is 0 Å². The van der Waals surface area contributed by atoms with Crippen LogP contribution in [0.4, 0.5) is 5.69 Å². The number of nitro groups is 1. The number of nitrogens with one attached hydrogen (secondary N) is 1. The Bertz CT molecular complexity index is 451. The van der Waals surface area contributed by atoms with E-state index in [4.69, 9.17) is 4.74 Å². The first kappa shape index (κ1) is 14.6. The highest BCUT2D eigenvalue weighted by molar-refractivity contribution is 7.84. The molecule has 0 aromatic heterocycles. The highest BCUT2D eigenvalue weighted by Gasteiger charge is 2.10. The fourth-order valence-corrected chi connectivity index (χ4v) is 1.89. The van der Waals surface area contributed by atoms with Crippen molar-refractivity contribution in [2.75, 3.05) is 25.7 Å². The number of benzene rings is 1. The van der Waals surface area contributed by atoms with Crippen LogP contribution in [0.25, 0.3) is 0 Å². The lowest BCUT2D eigenvalue weighted by atomic mass is 10.1. The molecule has 1 aromatic carbocycles. The van der Waals surface area contributed by atoms with Gasteiger partial charge < -0.3 is 10.1 Å². The van der Waals surface area contributed by atoms with Gasteiger partial charge in [-0.3, -0.25) is 14.3 Å². The molecule has 7 heteroatoms. The summed E-state index contributed by atoms with van der Waals surface area (Å²) in [7, 11) is 0.675. The van der Waals surface area contributed by atoms with Crippen molar-refractivity contribution < 1.29 is 13.9 Å². The molecule has 0 amide bonds. The molecule has 0 fully saturated rings. The molecule has 0 aliphatic carbocycles. The van der Waals surface area contributed by atoms with Crippen LogP contribution in [0.3, 0.4) is 0 Å². The molecule has 18 heavy (non-hydrogen) atoms. The summed E-state index contributed by atoms with van der Waals surface area (Å²) in [6.45, 7) is 1.04. The first-order chi connectivity index (χ1) is 8.54. The zero-order chi connectivity index (χ0) is 13.5. The molecular formula is C11H16N2O4S. The minimum absolute atomic E-state index is 0.0340. The van der Waals surface area contributed by atoms with Crippen LogP contribution >= 0.6 is 0 Å². The molecule has 1 atom stereocenters. The summed E-state index contributed by atoms with van der Waals surface area (Å²) in [6.07, 6.45) is 1.63. The maximum atomic E-state index is 10.9. The molecule has 0 aliphatic rings. The molecule has 0 bridgehead atoms. The van der Waals surface area contributed by atoms with Crippen LogP contribution < -0.4 is 10.1 Å². The van der Waals surface area contributed by atoms with Gasteiger partial charge in [-0.2, -0.15) is 0 Å². The molecule has 0 radical (unpaired) electrons. The van der Waals surface area contributed by atoms with Crippen LogP contribution in [0, 0.1) is 10.1 Å². The second kappa shape index (κ2) is 7.07. The molecule has 6 nitrogen and oxygen atoms in total. The van der Waals surface area contributed by atoms with Crippen molar-refractivity contribution in [3.05, 3.63) is 33.9 Å². The van der Waals surface area contributed by atoms with Crippen LogP contribution in [-0.4, -0.2) is 34.8 Å². The monoisotopic (exact) mass is 272 g/mol. The van der Waals surface area contributed by atoms with Crippen molar-refractivity contribution in [3.8, 4) is 5.75 Å². The average molecular weight is 272 g/mol. The summed E-state index contributed by atoms with van der Waals surface area (Å²) in [4.78, 5) is 10.2. The Morgan fingerprint density at radius 1 is 1.50 bits per heavy atom. The van der Waals surface area contributed by atoms with Crippen LogP contribution in [0.15, 0.2) is 18.2 Å². The van der Waals surface area contributed by atoms with E-state index in [-0.39, 0.29) is 5.69 Å². The number of non-ortho nitro benzene ring substituents is 1. The quantitative estimate of drug-likeness (QED) is 0.456. The zero-order valence-electron chi connectivity index (χ0n) is 10.3. The number of nitrogens with zero attached hydrogens (tertiary/aromatic N) is 1. The molecule has 0 aliphatic heterocycles. The highest BCUT2D eigenvalue weighted by atomic mass is 32.2. The van der Waals surface area contributed by atoms with Crippen molar-refractivity contribution >= 4 is 16.5 Å². The largest absolute Gasteiger partial charge is 0.496 e. The molecule has 1 N–H and O–H groups in total. The van der Waals surface area contributed by atoms with Gasteiger partial charge >= 0.3 is 0 Å². The van der Waals surface area contributed by atoms with Gasteiger partial charge in [0.25, 0.3) is 5.69 Å². The van der Waals surface area contributed by atoms with Gasteiger partial charge in [0, 0.05) is 53.6 Å². The van der Waals surface area contributed by atoms with E-state index in [1.54, 1.807) is 12.3 Å². The first-order valence-electron chi connectivity index (χ1n) is 5.36. The molecule has 1 aromatic rings. The Morgan fingerprint density at radius 3 is 2.78 bits per heavy atom. The third kappa shape index (κ3) is 4.42. The first-order valence-corrected chi connectivity index (χ1v) is 7.09. The average Bonchev–Trinajstić information content (AvgIpc) is 2.34. The molecular weight excluding hydrogens is 256 g/mol. The van der Waals surface area contributed by atoms with Gasteiger partial charge in [-0.25, -0.2) is 0 Å². The second-order valence-electron chi connectivity index (χ2n) is 3.71. The molecule has 0 saturated carbocycles. The van der Waals surface area contributed by atoms with E-state index in [9.17, 15) is 14.3 Å². The number of hydrogen-bond acceptors (Lipinski definition) is 5. The topological polar surface area (TPSA) is 81.5 Å². The van der Waals surface area contributed by atoms with E-state index < -0.39 is 15.7 Å². The van der Waals surface area contributed by atoms with Crippen molar-refractivity contribution in [2.45, 2.75) is 6.54 Å². The highest BCUT2D eigenvalue weighted by Crippen LogP contribution is 2.23. The summed E-state index contributed by atoms with van der Waals surface area (Å²) >= 11 is 0. The fourth-order valence-electron chi connectivity index (χ4n) is 1.46. The Kier molecular flexibility index (Phi) is 5.73. The number of ether oxygens (including phenoxy) is 1. The molecule has 0 spiro atoms. The number of nitro benzene ring substituents is 1. The van der Waals surface area contributed by atoms with Gasteiger partial charge in [-0.1, -0.05) is 0 Å². The minimum atomic E-state index is -0.844. The predicted octanol–water partition coefficient (Wildman–Crippen LogP) is 1.07. The normalized spacial score (nSPS) is 12.1. The lowest BCUT2D eigenvalue weighted by Crippen LogP contribution is -2.20. The fraction of sp³-hybridized carbons (Fsp3) is 0.455. The van der Waals surface area contributed by atoms with Gasteiger partial charge in [-0.15, -0.1) is 0 Å². The van der Waals surface area contributed by atoms with Gasteiger partial charge in [0.1, 0.15) is 5.75 Å². The Labute approximate surface area is 108 Å². The summed E-state index contributed by atoms with van der Waals surface area (Å²) in [6, 6.07) is 4.46. The lowest BCUT2D eigenvalue weighted by Gasteiger charge is -2.09. The van der Waals surface area contributed by atoms with Crippen LogP contribution in [-0.2, 0) is 17.3 Å². The van der Waals surface area contributed by atoms with Gasteiger partial charge in [0.2, 0.25) is 0 Å². The van der Waals surface area contributed by atoms with Crippen LogP contribution in [0.5, 0.6) is 5.75 Å². The number of methoxy groups -OCH3 is 1. The van der Waals surface area contributed by atoms with Crippen molar-refractivity contribution in [3.63, 3.8) is 0 Å². The van der Waals surface area contributed by atoms with Crippen LogP contribution in [0.1, 0.15) is 5.56 Å². The zero-order valence-corrected chi connectivity index (χ0v) is 11.2. The van der Waals surface area contributed by atoms with E-state index >= 15 is 0 Å². The molecule has 1 rings (SSSR count). The summed E-state index contributed by atoms with van der Waals surface area (Å²) in [5.74, 6) is 1.16. The molecule has 0 heterocycles. The van der Waals surface area contributed by atoms with E-state index in [0.29, 0.717) is 30.2 Å². The third-order valence-corrected chi connectivity index (χ3v) is 3.14. The standard InChI is InChI=1S/C11H16N2O4S/c1-17-11-4-3-10(13(14)15)7-9(11)8-12-5-6-18(2)16/h3-4,7,12H,5-6,8H2,1-2H3. The van der Waals surface area contributed by atoms with E-state index in [1.165, 1.54) is 19.2 Å². The maximum absolute atomic E-state index is 10.9. The van der Waals surface area contributed by atoms with Gasteiger partial charge in [0.05, 0.1) is 12.0 Å². The number of rotatable bonds is 7. The summed E-state index contributed by atoms with van der Waals surface area (Å²) in [5, 5.41) is 13.8. The minimum Gasteiger partial charge on any atom is -0.496 e. The SMILES string of the molecule is COc1ccc([N+](=O)[O-])cc1CNCCS(C)=O. The number of hydrogen-bond donors (Lipinski definition) is 1. The summed E-state index contributed by atoms with van der Waals surface area (Å²) in [5.41, 5.74) is 0.750. The Hall–Kier alpha value is -1.47. The Morgan fingerprint density at radius 2 is 2.22 bits per heavy atom. The van der Waals surface area contributed by atoms with Crippen molar-refractivity contribution in [1.82, 2.24) is 5.32 Å². The Balaban J connectivity index is 2.69. The van der Waals surface area contributed by atoms with E-state index in [0.717, 1.165) is 0 Å². The molecule has 1 unspecified atom stereocenters. The van der Waals surface area contributed by atoms with Gasteiger partial charge in [-0.05, 0) is 6.07 Å². The molecule has 100 valence electrons. The molecule has 0 saturated heterocycles. The van der Waals surface area contributed by atoms with Gasteiger partial charge in [0.15, 0.2) is 0 Å². The lowest BCUT2D eigenvalue weighted by molar-refractivity contribution is -0.384. The predicted molar refractivity (Wildman–Crippen MR) is 70.3 cm³/mol. The van der Waals surface area contributed by atoms with Crippen LogP contribution in [0.2, 0.25) is 0 Å². The third-order valence-electron chi connectivity index (χ3n) is 2.36.